The number of halogens is 2. The van der Waals surface area contributed by atoms with Crippen molar-refractivity contribution in [2.75, 3.05) is 6.26 Å². The number of carboxylic acids is 1. The molecule has 0 radical (unpaired) electrons. The van der Waals surface area contributed by atoms with Crippen molar-refractivity contribution in [3.63, 3.8) is 0 Å². The monoisotopic (exact) mass is 361 g/mol. The number of hydrogen-bond donors (Lipinski definition) is 2. The molecule has 1 amide bonds. The van der Waals surface area contributed by atoms with Crippen LogP contribution in [0.2, 0.25) is 10.0 Å². The lowest BCUT2D eigenvalue weighted by Gasteiger charge is -2.29. The van der Waals surface area contributed by atoms with Gasteiger partial charge in [-0.25, -0.2) is 0 Å². The van der Waals surface area contributed by atoms with Gasteiger partial charge in [0.2, 0.25) is 0 Å². The summed E-state index contributed by atoms with van der Waals surface area (Å²) in [7, 11) is 0. The normalized spacial score (nSPS) is 16.5. The quantitative estimate of drug-likeness (QED) is 0.770. The van der Waals surface area contributed by atoms with E-state index in [1.807, 2.05) is 6.26 Å². The first-order chi connectivity index (χ1) is 10.4. The Morgan fingerprint density at radius 2 is 1.91 bits per heavy atom. The SMILES string of the molecule is CSc1cc(C(=O)NC2(CC(=O)O)CCCC2)c(Cl)cc1Cl. The highest BCUT2D eigenvalue weighted by atomic mass is 35.5. The molecular weight excluding hydrogens is 345 g/mol. The van der Waals surface area contributed by atoms with Crippen LogP contribution in [0.3, 0.4) is 0 Å². The molecule has 1 saturated carbocycles. The Morgan fingerprint density at radius 1 is 1.27 bits per heavy atom. The highest BCUT2D eigenvalue weighted by Crippen LogP contribution is 2.35. The van der Waals surface area contributed by atoms with Crippen molar-refractivity contribution in [3.05, 3.63) is 27.7 Å². The first kappa shape index (κ1) is 17.4. The minimum Gasteiger partial charge on any atom is -0.481 e. The summed E-state index contributed by atoms with van der Waals surface area (Å²) in [6.07, 6.45) is 4.96. The van der Waals surface area contributed by atoms with Gasteiger partial charge in [-0.05, 0) is 31.2 Å². The molecular formula is C15H17Cl2NO3S. The Hall–Kier alpha value is -0.910. The Morgan fingerprint density at radius 3 is 2.45 bits per heavy atom. The number of amides is 1. The molecule has 1 fully saturated rings. The fourth-order valence-corrected chi connectivity index (χ4v) is 4.05. The summed E-state index contributed by atoms with van der Waals surface area (Å²) in [5.41, 5.74) is -0.349. The third-order valence-corrected chi connectivity index (χ3v) is 5.43. The van der Waals surface area contributed by atoms with E-state index >= 15 is 0 Å². The number of thioether (sulfide) groups is 1. The van der Waals surface area contributed by atoms with Gasteiger partial charge in [0, 0.05) is 4.90 Å². The van der Waals surface area contributed by atoms with E-state index < -0.39 is 11.5 Å². The molecule has 0 aliphatic heterocycles. The molecule has 0 heterocycles. The molecule has 0 atom stereocenters. The lowest BCUT2D eigenvalue weighted by Crippen LogP contribution is -2.47. The highest BCUT2D eigenvalue weighted by molar-refractivity contribution is 7.98. The summed E-state index contributed by atoms with van der Waals surface area (Å²) in [5.74, 6) is -1.26. The highest BCUT2D eigenvalue weighted by Gasteiger charge is 2.38. The van der Waals surface area contributed by atoms with E-state index in [1.54, 1.807) is 12.1 Å². The second-order valence-corrected chi connectivity index (χ2v) is 7.14. The molecule has 2 N–H and O–H groups in total. The number of aliphatic carboxylic acids is 1. The predicted molar refractivity (Wildman–Crippen MR) is 89.2 cm³/mol. The van der Waals surface area contributed by atoms with Gasteiger partial charge < -0.3 is 10.4 Å². The average Bonchev–Trinajstić information content (AvgIpc) is 2.85. The molecule has 7 heteroatoms. The van der Waals surface area contributed by atoms with Gasteiger partial charge in [0.1, 0.15) is 0 Å². The summed E-state index contributed by atoms with van der Waals surface area (Å²) in [6.45, 7) is 0. The van der Waals surface area contributed by atoms with Crippen LogP contribution in [0.1, 0.15) is 42.5 Å². The van der Waals surface area contributed by atoms with Gasteiger partial charge >= 0.3 is 5.97 Å². The molecule has 0 unspecified atom stereocenters. The third-order valence-electron chi connectivity index (χ3n) is 3.92. The smallest absolute Gasteiger partial charge is 0.305 e. The number of benzene rings is 1. The standard InChI is InChI=1S/C15H17Cl2NO3S/c1-22-12-6-9(10(16)7-11(12)17)14(21)18-15(8-13(19)20)4-2-3-5-15/h6-7H,2-5,8H2,1H3,(H,18,21)(H,19,20). The number of carbonyl (C=O) groups excluding carboxylic acids is 1. The maximum atomic E-state index is 12.5. The molecule has 1 aliphatic carbocycles. The van der Waals surface area contributed by atoms with Crippen molar-refractivity contribution in [1.29, 1.82) is 0 Å². The molecule has 1 aromatic rings. The molecule has 4 nitrogen and oxygen atoms in total. The topological polar surface area (TPSA) is 66.4 Å². The number of carbonyl (C=O) groups is 2. The van der Waals surface area contributed by atoms with Crippen molar-refractivity contribution in [2.24, 2.45) is 0 Å². The summed E-state index contributed by atoms with van der Waals surface area (Å²) >= 11 is 13.6. The summed E-state index contributed by atoms with van der Waals surface area (Å²) in [4.78, 5) is 24.4. The third kappa shape index (κ3) is 3.89. The molecule has 1 aromatic carbocycles. The van der Waals surface area contributed by atoms with E-state index in [1.165, 1.54) is 11.8 Å². The molecule has 0 saturated heterocycles. The molecule has 120 valence electrons. The zero-order chi connectivity index (χ0) is 16.3. The summed E-state index contributed by atoms with van der Waals surface area (Å²) in [5, 5.41) is 12.8. The Kier molecular flexibility index (Phi) is 5.64. The predicted octanol–water partition coefficient (Wildman–Crippen LogP) is 4.23. The van der Waals surface area contributed by atoms with Gasteiger partial charge in [-0.3, -0.25) is 9.59 Å². The second kappa shape index (κ2) is 7.11. The van der Waals surface area contributed by atoms with Crippen LogP contribution in [0, 0.1) is 0 Å². The van der Waals surface area contributed by atoms with Crippen LogP contribution in [0.5, 0.6) is 0 Å². The van der Waals surface area contributed by atoms with Gasteiger partial charge in [-0.2, -0.15) is 0 Å². The number of nitrogens with one attached hydrogen (secondary N) is 1. The van der Waals surface area contributed by atoms with E-state index in [2.05, 4.69) is 5.32 Å². The van der Waals surface area contributed by atoms with E-state index in [9.17, 15) is 9.59 Å². The van der Waals surface area contributed by atoms with E-state index in [-0.39, 0.29) is 17.4 Å². The zero-order valence-electron chi connectivity index (χ0n) is 12.1. The maximum Gasteiger partial charge on any atom is 0.305 e. The van der Waals surface area contributed by atoms with E-state index in [0.29, 0.717) is 23.4 Å². The minimum atomic E-state index is -0.908. The maximum absolute atomic E-state index is 12.5. The van der Waals surface area contributed by atoms with Crippen LogP contribution in [-0.4, -0.2) is 28.8 Å². The Labute approximate surface area is 143 Å². The van der Waals surface area contributed by atoms with Crippen molar-refractivity contribution in [1.82, 2.24) is 5.32 Å². The summed E-state index contributed by atoms with van der Waals surface area (Å²) < 4.78 is 0. The van der Waals surface area contributed by atoms with Gasteiger partial charge in [0.15, 0.2) is 0 Å². The molecule has 0 aromatic heterocycles. The molecule has 2 rings (SSSR count). The van der Waals surface area contributed by atoms with Crippen LogP contribution in [-0.2, 0) is 4.79 Å². The first-order valence-corrected chi connectivity index (χ1v) is 8.92. The molecule has 22 heavy (non-hydrogen) atoms. The molecule has 0 spiro atoms. The zero-order valence-corrected chi connectivity index (χ0v) is 14.4. The van der Waals surface area contributed by atoms with Gasteiger partial charge in [0.05, 0.1) is 27.6 Å². The van der Waals surface area contributed by atoms with Crippen molar-refractivity contribution < 1.29 is 14.7 Å². The fourth-order valence-electron chi connectivity index (χ4n) is 2.85. The van der Waals surface area contributed by atoms with Crippen LogP contribution in [0.4, 0.5) is 0 Å². The minimum absolute atomic E-state index is 0.0701. The number of carboxylic acid groups (broad SMARTS) is 1. The van der Waals surface area contributed by atoms with E-state index in [0.717, 1.165) is 17.7 Å². The van der Waals surface area contributed by atoms with Gasteiger partial charge in [-0.15, -0.1) is 11.8 Å². The first-order valence-electron chi connectivity index (χ1n) is 6.94. The van der Waals surface area contributed by atoms with Crippen molar-refractivity contribution in [2.45, 2.75) is 42.5 Å². The Balaban J connectivity index is 2.26. The number of hydrogen-bond acceptors (Lipinski definition) is 3. The van der Waals surface area contributed by atoms with Crippen molar-refractivity contribution in [3.8, 4) is 0 Å². The van der Waals surface area contributed by atoms with Crippen molar-refractivity contribution >= 4 is 46.8 Å². The van der Waals surface area contributed by atoms with E-state index in [4.69, 9.17) is 28.3 Å². The summed E-state index contributed by atoms with van der Waals surface area (Å²) in [6, 6.07) is 3.19. The van der Waals surface area contributed by atoms with Crippen LogP contribution < -0.4 is 5.32 Å². The lowest BCUT2D eigenvalue weighted by atomic mass is 9.92. The average molecular weight is 362 g/mol. The van der Waals surface area contributed by atoms with Gasteiger partial charge in [0.25, 0.3) is 5.91 Å². The Bertz CT molecular complexity index is 601. The molecule has 0 bridgehead atoms. The van der Waals surface area contributed by atoms with Crippen LogP contribution >= 0.6 is 35.0 Å². The van der Waals surface area contributed by atoms with Crippen LogP contribution in [0.25, 0.3) is 0 Å². The molecule has 1 aliphatic rings. The second-order valence-electron chi connectivity index (χ2n) is 5.48. The largest absolute Gasteiger partial charge is 0.481 e. The number of rotatable bonds is 5. The lowest BCUT2D eigenvalue weighted by molar-refractivity contribution is -0.138. The van der Waals surface area contributed by atoms with Gasteiger partial charge in [-0.1, -0.05) is 36.0 Å². The fraction of sp³-hybridized carbons (Fsp3) is 0.467. The van der Waals surface area contributed by atoms with Crippen LogP contribution in [0.15, 0.2) is 17.0 Å².